The van der Waals surface area contributed by atoms with Gasteiger partial charge in [0.05, 0.1) is 5.69 Å². The molecular weight excluding hydrogens is 232 g/mol. The summed E-state index contributed by atoms with van der Waals surface area (Å²) in [5, 5.41) is 17.4. The zero-order chi connectivity index (χ0) is 9.26. The number of rotatable bonds is 2. The van der Waals surface area contributed by atoms with Gasteiger partial charge >= 0.3 is 0 Å². The van der Waals surface area contributed by atoms with Crippen LogP contribution < -0.4 is 0 Å². The topological polar surface area (TPSA) is 48.9 Å². The minimum absolute atomic E-state index is 0.460. The van der Waals surface area contributed by atoms with E-state index in [2.05, 4.69) is 26.1 Å². The first-order valence-electron chi connectivity index (χ1n) is 4.63. The van der Waals surface area contributed by atoms with Crippen LogP contribution >= 0.6 is 15.9 Å². The molecule has 3 nitrogen and oxygen atoms in total. The molecule has 1 heterocycles. The summed E-state index contributed by atoms with van der Waals surface area (Å²) < 4.78 is 0. The number of H-pyrrole nitrogens is 1. The van der Waals surface area contributed by atoms with Crippen molar-refractivity contribution in [2.24, 2.45) is 0 Å². The Morgan fingerprint density at radius 3 is 3.00 bits per heavy atom. The van der Waals surface area contributed by atoms with Crippen LogP contribution in [0.15, 0.2) is 0 Å². The molecule has 2 N–H and O–H groups in total. The van der Waals surface area contributed by atoms with E-state index in [9.17, 15) is 5.11 Å². The van der Waals surface area contributed by atoms with Crippen LogP contribution in [0.4, 0.5) is 0 Å². The fraction of sp³-hybridized carbons (Fsp3) is 0.667. The van der Waals surface area contributed by atoms with Crippen molar-refractivity contribution in [1.29, 1.82) is 0 Å². The number of hydrogen-bond donors (Lipinski definition) is 2. The van der Waals surface area contributed by atoms with Gasteiger partial charge in [0.1, 0.15) is 6.10 Å². The largest absolute Gasteiger partial charge is 0.386 e. The van der Waals surface area contributed by atoms with Gasteiger partial charge in [-0.15, -0.1) is 0 Å². The third-order valence-corrected chi connectivity index (χ3v) is 3.16. The molecule has 1 aromatic rings. The van der Waals surface area contributed by atoms with Crippen LogP contribution in [-0.4, -0.2) is 20.6 Å². The van der Waals surface area contributed by atoms with Crippen molar-refractivity contribution in [2.45, 2.75) is 31.8 Å². The molecule has 1 aliphatic carbocycles. The molecule has 1 atom stereocenters. The smallest absolute Gasteiger partial charge is 0.108 e. The molecule has 0 radical (unpaired) electrons. The third-order valence-electron chi connectivity index (χ3n) is 2.55. The molecule has 1 aliphatic rings. The summed E-state index contributed by atoms with van der Waals surface area (Å²) in [6, 6.07) is 0. The molecule has 0 saturated carbocycles. The van der Waals surface area contributed by atoms with Crippen molar-refractivity contribution in [1.82, 2.24) is 10.2 Å². The Morgan fingerprint density at radius 2 is 2.23 bits per heavy atom. The highest BCUT2D eigenvalue weighted by Gasteiger charge is 2.20. The maximum Gasteiger partial charge on any atom is 0.108 e. The van der Waals surface area contributed by atoms with Gasteiger partial charge in [0.25, 0.3) is 0 Å². The normalized spacial score (nSPS) is 18.3. The van der Waals surface area contributed by atoms with E-state index in [1.807, 2.05) is 0 Å². The molecule has 13 heavy (non-hydrogen) atoms. The van der Waals surface area contributed by atoms with E-state index < -0.39 is 6.10 Å². The molecule has 0 aromatic carbocycles. The summed E-state index contributed by atoms with van der Waals surface area (Å²) in [4.78, 5) is 0. The second kappa shape index (κ2) is 3.80. The minimum Gasteiger partial charge on any atom is -0.386 e. The average molecular weight is 245 g/mol. The molecule has 1 unspecified atom stereocenters. The van der Waals surface area contributed by atoms with Gasteiger partial charge in [-0.25, -0.2) is 0 Å². The molecule has 0 aliphatic heterocycles. The zero-order valence-electron chi connectivity index (χ0n) is 7.39. The number of hydrogen-bond acceptors (Lipinski definition) is 2. The van der Waals surface area contributed by atoms with Crippen LogP contribution in [0.3, 0.4) is 0 Å². The standard InChI is InChI=1S/C9H13BrN2O/c10-5-8(13)9-6-3-1-2-4-7(6)11-12-9/h8,13H,1-5H2,(H,11,12). The Morgan fingerprint density at radius 1 is 1.46 bits per heavy atom. The number of aromatic nitrogens is 2. The van der Waals surface area contributed by atoms with Crippen LogP contribution in [-0.2, 0) is 12.8 Å². The van der Waals surface area contributed by atoms with Crippen molar-refractivity contribution in [2.75, 3.05) is 5.33 Å². The van der Waals surface area contributed by atoms with Crippen molar-refractivity contribution < 1.29 is 5.11 Å². The lowest BCUT2D eigenvalue weighted by molar-refractivity contribution is 0.199. The first-order valence-corrected chi connectivity index (χ1v) is 5.75. The Balaban J connectivity index is 2.31. The predicted molar refractivity (Wildman–Crippen MR) is 54.0 cm³/mol. The fourth-order valence-electron chi connectivity index (χ4n) is 1.86. The Kier molecular flexibility index (Phi) is 2.69. The van der Waals surface area contributed by atoms with E-state index in [1.54, 1.807) is 0 Å². The first-order chi connectivity index (χ1) is 6.33. The quantitative estimate of drug-likeness (QED) is 0.779. The number of aromatic amines is 1. The van der Waals surface area contributed by atoms with E-state index in [4.69, 9.17) is 0 Å². The molecule has 4 heteroatoms. The van der Waals surface area contributed by atoms with Crippen LogP contribution in [0.2, 0.25) is 0 Å². The summed E-state index contributed by atoms with van der Waals surface area (Å²) in [5.41, 5.74) is 3.31. The van der Waals surface area contributed by atoms with Gasteiger partial charge in [0.15, 0.2) is 0 Å². The zero-order valence-corrected chi connectivity index (χ0v) is 8.97. The predicted octanol–water partition coefficient (Wildman–Crippen LogP) is 1.72. The molecule has 1 aromatic heterocycles. The number of nitrogens with zero attached hydrogens (tertiary/aromatic N) is 1. The van der Waals surface area contributed by atoms with Gasteiger partial charge in [0, 0.05) is 11.0 Å². The number of alkyl halides is 1. The number of nitrogens with one attached hydrogen (secondary N) is 1. The maximum absolute atomic E-state index is 9.64. The number of halogens is 1. The van der Waals surface area contributed by atoms with Crippen molar-refractivity contribution in [3.63, 3.8) is 0 Å². The van der Waals surface area contributed by atoms with E-state index in [1.165, 1.54) is 24.1 Å². The molecule has 72 valence electrons. The SMILES string of the molecule is OC(CBr)c1n[nH]c2c1CCCC2. The molecule has 2 rings (SSSR count). The lowest BCUT2D eigenvalue weighted by Crippen LogP contribution is -2.06. The van der Waals surface area contributed by atoms with Crippen molar-refractivity contribution in [3.8, 4) is 0 Å². The van der Waals surface area contributed by atoms with Gasteiger partial charge in [-0.1, -0.05) is 15.9 Å². The van der Waals surface area contributed by atoms with Crippen molar-refractivity contribution in [3.05, 3.63) is 17.0 Å². The lowest BCUT2D eigenvalue weighted by atomic mass is 9.95. The first kappa shape index (κ1) is 9.21. The van der Waals surface area contributed by atoms with E-state index in [0.29, 0.717) is 5.33 Å². The monoisotopic (exact) mass is 244 g/mol. The van der Waals surface area contributed by atoms with Gasteiger partial charge < -0.3 is 5.11 Å². The minimum atomic E-state index is -0.460. The Bertz CT molecular complexity index is 298. The van der Waals surface area contributed by atoms with E-state index in [-0.39, 0.29) is 0 Å². The van der Waals surface area contributed by atoms with Crippen LogP contribution in [0, 0.1) is 0 Å². The van der Waals surface area contributed by atoms with Crippen LogP contribution in [0.25, 0.3) is 0 Å². The Labute approximate surface area is 85.7 Å². The van der Waals surface area contributed by atoms with Crippen molar-refractivity contribution >= 4 is 15.9 Å². The highest BCUT2D eigenvalue weighted by Crippen LogP contribution is 2.26. The molecule has 0 spiro atoms. The lowest BCUT2D eigenvalue weighted by Gasteiger charge is -2.12. The summed E-state index contributed by atoms with van der Waals surface area (Å²) in [7, 11) is 0. The average Bonchev–Trinajstić information content (AvgIpc) is 2.60. The van der Waals surface area contributed by atoms with E-state index in [0.717, 1.165) is 18.5 Å². The third kappa shape index (κ3) is 1.65. The number of aliphatic hydroxyl groups is 1. The summed E-state index contributed by atoms with van der Waals surface area (Å²) in [6.07, 6.45) is 4.13. The molecule has 0 bridgehead atoms. The summed E-state index contributed by atoms with van der Waals surface area (Å²) in [5.74, 6) is 0. The summed E-state index contributed by atoms with van der Waals surface area (Å²) >= 11 is 3.26. The molecular formula is C9H13BrN2O. The highest BCUT2D eigenvalue weighted by atomic mass is 79.9. The van der Waals surface area contributed by atoms with Gasteiger partial charge in [0.2, 0.25) is 0 Å². The highest BCUT2D eigenvalue weighted by molar-refractivity contribution is 9.09. The second-order valence-electron chi connectivity index (χ2n) is 3.44. The van der Waals surface area contributed by atoms with Crippen LogP contribution in [0.1, 0.15) is 35.9 Å². The number of fused-ring (bicyclic) bond motifs is 1. The molecule has 0 amide bonds. The maximum atomic E-state index is 9.64. The molecule has 0 fully saturated rings. The van der Waals surface area contributed by atoms with E-state index >= 15 is 0 Å². The molecule has 0 saturated heterocycles. The summed E-state index contributed by atoms with van der Waals surface area (Å²) in [6.45, 7) is 0. The van der Waals surface area contributed by atoms with Gasteiger partial charge in [-0.3, -0.25) is 5.10 Å². The number of aryl methyl sites for hydroxylation is 1. The number of aliphatic hydroxyl groups excluding tert-OH is 1. The van der Waals surface area contributed by atoms with Gasteiger partial charge in [-0.05, 0) is 31.2 Å². The fourth-order valence-corrected chi connectivity index (χ4v) is 2.16. The Hall–Kier alpha value is -0.350. The second-order valence-corrected chi connectivity index (χ2v) is 4.09. The van der Waals surface area contributed by atoms with Gasteiger partial charge in [-0.2, -0.15) is 5.10 Å². The van der Waals surface area contributed by atoms with Crippen LogP contribution in [0.5, 0.6) is 0 Å².